The first-order chi connectivity index (χ1) is 9.65. The van der Waals surface area contributed by atoms with Crippen LogP contribution in [-0.4, -0.2) is 6.54 Å². The summed E-state index contributed by atoms with van der Waals surface area (Å²) in [6, 6.07) is 11.3. The lowest BCUT2D eigenvalue weighted by atomic mass is 9.89. The maximum absolute atomic E-state index is 3.53. The van der Waals surface area contributed by atoms with Gasteiger partial charge in [0.1, 0.15) is 0 Å². The summed E-state index contributed by atoms with van der Waals surface area (Å²) in [5.74, 6) is 0. The Morgan fingerprint density at radius 2 is 1.80 bits per heavy atom. The standard InChI is InChI=1S/C19H23N/c1-13-10-14(2)18(15(3)11-13)12-16-6-4-8-19-17(16)7-5-9-20-19/h4,6,8,10-11,20H,5,7,9,12H2,1-3H3. The van der Waals surface area contributed by atoms with Gasteiger partial charge in [-0.2, -0.15) is 0 Å². The molecule has 0 amide bonds. The molecule has 0 spiro atoms. The third-order valence-electron chi connectivity index (χ3n) is 4.40. The number of rotatable bonds is 2. The molecule has 0 aromatic heterocycles. The molecule has 0 saturated heterocycles. The maximum Gasteiger partial charge on any atom is 0.0375 e. The molecule has 104 valence electrons. The van der Waals surface area contributed by atoms with Gasteiger partial charge in [0.05, 0.1) is 0 Å². The van der Waals surface area contributed by atoms with E-state index in [0.29, 0.717) is 0 Å². The minimum atomic E-state index is 1.06. The molecule has 0 radical (unpaired) electrons. The lowest BCUT2D eigenvalue weighted by Gasteiger charge is -2.22. The van der Waals surface area contributed by atoms with E-state index in [2.05, 4.69) is 56.4 Å². The number of hydrogen-bond donors (Lipinski definition) is 1. The SMILES string of the molecule is Cc1cc(C)c(Cc2cccc3c2CCCN3)c(C)c1. The van der Waals surface area contributed by atoms with Crippen LogP contribution in [0.15, 0.2) is 30.3 Å². The Balaban J connectivity index is 2.00. The number of hydrogen-bond acceptors (Lipinski definition) is 1. The van der Waals surface area contributed by atoms with Crippen molar-refractivity contribution in [2.45, 2.75) is 40.0 Å². The van der Waals surface area contributed by atoms with Gasteiger partial charge in [-0.05, 0) is 73.9 Å². The van der Waals surface area contributed by atoms with E-state index in [9.17, 15) is 0 Å². The van der Waals surface area contributed by atoms with Crippen molar-refractivity contribution in [3.8, 4) is 0 Å². The highest BCUT2D eigenvalue weighted by molar-refractivity contribution is 5.57. The van der Waals surface area contributed by atoms with Crippen molar-refractivity contribution in [2.75, 3.05) is 11.9 Å². The second kappa shape index (κ2) is 5.32. The summed E-state index contributed by atoms with van der Waals surface area (Å²) in [4.78, 5) is 0. The van der Waals surface area contributed by atoms with Crippen LogP contribution in [0, 0.1) is 20.8 Å². The van der Waals surface area contributed by atoms with E-state index < -0.39 is 0 Å². The summed E-state index contributed by atoms with van der Waals surface area (Å²) in [5.41, 5.74) is 10.1. The predicted molar refractivity (Wildman–Crippen MR) is 86.7 cm³/mol. The van der Waals surface area contributed by atoms with Crippen LogP contribution in [-0.2, 0) is 12.8 Å². The zero-order valence-electron chi connectivity index (χ0n) is 12.7. The summed E-state index contributed by atoms with van der Waals surface area (Å²) < 4.78 is 0. The van der Waals surface area contributed by atoms with Crippen molar-refractivity contribution in [2.24, 2.45) is 0 Å². The first kappa shape index (κ1) is 13.2. The Hall–Kier alpha value is -1.76. The van der Waals surface area contributed by atoms with Crippen molar-refractivity contribution in [1.82, 2.24) is 0 Å². The van der Waals surface area contributed by atoms with Crippen LogP contribution in [0.4, 0.5) is 5.69 Å². The molecule has 0 unspecified atom stereocenters. The van der Waals surface area contributed by atoms with Crippen LogP contribution in [0.5, 0.6) is 0 Å². The monoisotopic (exact) mass is 265 g/mol. The fraction of sp³-hybridized carbons (Fsp3) is 0.368. The maximum atomic E-state index is 3.53. The van der Waals surface area contributed by atoms with Crippen LogP contribution >= 0.6 is 0 Å². The molecule has 2 aromatic carbocycles. The van der Waals surface area contributed by atoms with Crippen molar-refractivity contribution in [1.29, 1.82) is 0 Å². The van der Waals surface area contributed by atoms with E-state index >= 15 is 0 Å². The summed E-state index contributed by atoms with van der Waals surface area (Å²) in [6.07, 6.45) is 3.52. The molecule has 20 heavy (non-hydrogen) atoms. The fourth-order valence-corrected chi connectivity index (χ4v) is 3.43. The van der Waals surface area contributed by atoms with Gasteiger partial charge in [-0.1, -0.05) is 29.8 Å². The van der Waals surface area contributed by atoms with Gasteiger partial charge in [0.25, 0.3) is 0 Å². The van der Waals surface area contributed by atoms with Gasteiger partial charge in [0.15, 0.2) is 0 Å². The van der Waals surface area contributed by atoms with Crippen LogP contribution in [0.25, 0.3) is 0 Å². The van der Waals surface area contributed by atoms with E-state index in [1.54, 1.807) is 0 Å². The Labute approximate surface area is 122 Å². The Morgan fingerprint density at radius 1 is 1.05 bits per heavy atom. The van der Waals surface area contributed by atoms with Crippen molar-refractivity contribution in [3.05, 3.63) is 63.7 Å². The molecule has 3 rings (SSSR count). The summed E-state index contributed by atoms with van der Waals surface area (Å²) in [7, 11) is 0. The number of fused-ring (bicyclic) bond motifs is 1. The molecule has 0 saturated carbocycles. The first-order valence-electron chi connectivity index (χ1n) is 7.56. The van der Waals surface area contributed by atoms with Gasteiger partial charge in [-0.3, -0.25) is 0 Å². The van der Waals surface area contributed by atoms with E-state index in [4.69, 9.17) is 0 Å². The molecule has 2 aromatic rings. The Bertz CT molecular complexity index is 617. The fourth-order valence-electron chi connectivity index (χ4n) is 3.43. The lowest BCUT2D eigenvalue weighted by molar-refractivity contribution is 0.818. The molecule has 0 atom stereocenters. The van der Waals surface area contributed by atoms with E-state index in [0.717, 1.165) is 13.0 Å². The normalized spacial score (nSPS) is 13.8. The zero-order valence-corrected chi connectivity index (χ0v) is 12.7. The smallest absolute Gasteiger partial charge is 0.0375 e. The Morgan fingerprint density at radius 3 is 2.55 bits per heavy atom. The second-order valence-electron chi connectivity index (χ2n) is 6.03. The van der Waals surface area contributed by atoms with E-state index in [-0.39, 0.29) is 0 Å². The predicted octanol–water partition coefficient (Wildman–Crippen LogP) is 4.56. The highest BCUT2D eigenvalue weighted by atomic mass is 14.9. The average Bonchev–Trinajstić information content (AvgIpc) is 2.43. The summed E-state index contributed by atoms with van der Waals surface area (Å²) >= 11 is 0. The molecule has 1 aliphatic heterocycles. The minimum absolute atomic E-state index is 1.06. The second-order valence-corrected chi connectivity index (χ2v) is 6.03. The lowest BCUT2D eigenvalue weighted by Crippen LogP contribution is -2.13. The molecule has 1 heteroatoms. The minimum Gasteiger partial charge on any atom is -0.385 e. The highest BCUT2D eigenvalue weighted by Crippen LogP contribution is 2.28. The van der Waals surface area contributed by atoms with Gasteiger partial charge >= 0.3 is 0 Å². The molecule has 1 nitrogen and oxygen atoms in total. The molecular formula is C19H23N. The van der Waals surface area contributed by atoms with Gasteiger partial charge in [0, 0.05) is 12.2 Å². The molecule has 0 bridgehead atoms. The summed E-state index contributed by atoms with van der Waals surface area (Å²) in [6.45, 7) is 7.77. The molecule has 1 N–H and O–H groups in total. The van der Waals surface area contributed by atoms with Gasteiger partial charge in [-0.15, -0.1) is 0 Å². The number of anilines is 1. The third-order valence-corrected chi connectivity index (χ3v) is 4.40. The largest absolute Gasteiger partial charge is 0.385 e. The highest BCUT2D eigenvalue weighted by Gasteiger charge is 2.14. The van der Waals surface area contributed by atoms with Gasteiger partial charge in [0.2, 0.25) is 0 Å². The zero-order chi connectivity index (χ0) is 14.1. The van der Waals surface area contributed by atoms with Gasteiger partial charge in [-0.25, -0.2) is 0 Å². The average molecular weight is 265 g/mol. The molecule has 1 heterocycles. The quantitative estimate of drug-likeness (QED) is 0.839. The topological polar surface area (TPSA) is 12.0 Å². The van der Waals surface area contributed by atoms with Crippen LogP contribution in [0.3, 0.4) is 0 Å². The number of benzene rings is 2. The van der Waals surface area contributed by atoms with Crippen molar-refractivity contribution >= 4 is 5.69 Å². The molecule has 1 aliphatic rings. The third kappa shape index (κ3) is 2.45. The molecule has 0 fully saturated rings. The van der Waals surface area contributed by atoms with Crippen LogP contribution < -0.4 is 5.32 Å². The number of aryl methyl sites for hydroxylation is 3. The first-order valence-corrected chi connectivity index (χ1v) is 7.56. The van der Waals surface area contributed by atoms with Crippen molar-refractivity contribution in [3.63, 3.8) is 0 Å². The molecule has 0 aliphatic carbocycles. The van der Waals surface area contributed by atoms with Crippen molar-refractivity contribution < 1.29 is 0 Å². The van der Waals surface area contributed by atoms with Crippen LogP contribution in [0.1, 0.15) is 39.8 Å². The number of nitrogens with one attached hydrogen (secondary N) is 1. The molecular weight excluding hydrogens is 242 g/mol. The van der Waals surface area contributed by atoms with E-state index in [1.807, 2.05) is 0 Å². The van der Waals surface area contributed by atoms with Gasteiger partial charge < -0.3 is 5.32 Å². The van der Waals surface area contributed by atoms with Crippen LogP contribution in [0.2, 0.25) is 0 Å². The summed E-state index contributed by atoms with van der Waals surface area (Å²) in [5, 5.41) is 3.53. The Kier molecular flexibility index (Phi) is 3.52. The van der Waals surface area contributed by atoms with E-state index in [1.165, 1.54) is 51.9 Å².